The van der Waals surface area contributed by atoms with E-state index in [2.05, 4.69) is 10.00 Å². The van der Waals surface area contributed by atoms with Gasteiger partial charge < -0.3 is 14.1 Å². The molecule has 9 heteroatoms. The van der Waals surface area contributed by atoms with Crippen LogP contribution in [-0.2, 0) is 16.1 Å². The lowest BCUT2D eigenvalue weighted by Crippen LogP contribution is -2.49. The predicted octanol–water partition coefficient (Wildman–Crippen LogP) is 0.423. The first-order valence-electron chi connectivity index (χ1n) is 9.11. The van der Waals surface area contributed by atoms with Crippen LogP contribution in [0.15, 0.2) is 33.9 Å². The maximum absolute atomic E-state index is 12.6. The van der Waals surface area contributed by atoms with Gasteiger partial charge in [0.25, 0.3) is 5.56 Å². The summed E-state index contributed by atoms with van der Waals surface area (Å²) in [6, 6.07) is 3.50. The van der Waals surface area contributed by atoms with Crippen molar-refractivity contribution in [3.8, 4) is 0 Å². The predicted molar refractivity (Wildman–Crippen MR) is 98.7 cm³/mol. The van der Waals surface area contributed by atoms with Gasteiger partial charge in [-0.05, 0) is 0 Å². The van der Waals surface area contributed by atoms with Crippen LogP contribution in [0.3, 0.4) is 0 Å². The Balaban J connectivity index is 1.38. The second-order valence-electron chi connectivity index (χ2n) is 6.69. The fourth-order valence-electron chi connectivity index (χ4n) is 3.49. The number of ether oxygens (including phenoxy) is 1. The van der Waals surface area contributed by atoms with E-state index in [1.54, 1.807) is 36.2 Å². The number of hydrogen-bond acceptors (Lipinski definition) is 6. The van der Waals surface area contributed by atoms with E-state index in [-0.39, 0.29) is 24.4 Å². The molecule has 0 N–H and O–H groups in total. The first-order valence-corrected chi connectivity index (χ1v) is 9.11. The van der Waals surface area contributed by atoms with Gasteiger partial charge in [0.15, 0.2) is 5.58 Å². The van der Waals surface area contributed by atoms with Crippen molar-refractivity contribution >= 4 is 22.5 Å². The molecule has 0 atom stereocenters. The van der Waals surface area contributed by atoms with Gasteiger partial charge in [0.2, 0.25) is 5.91 Å². The molecule has 0 aliphatic carbocycles. The molecule has 144 valence electrons. The summed E-state index contributed by atoms with van der Waals surface area (Å²) in [6.07, 6.45) is 3.43. The van der Waals surface area contributed by atoms with Gasteiger partial charge in [-0.15, -0.1) is 0 Å². The molecule has 3 aromatic rings. The van der Waals surface area contributed by atoms with Crippen LogP contribution in [-0.4, -0.2) is 76.3 Å². The SMILES string of the molecule is COCCN1CCN(C(=O)CCn2ncn3c(cc4occc43)c2=O)CC1. The summed E-state index contributed by atoms with van der Waals surface area (Å²) in [5, 5.41) is 4.20. The monoisotopic (exact) mass is 373 g/mol. The molecule has 1 saturated heterocycles. The molecule has 1 fully saturated rings. The number of rotatable bonds is 6. The summed E-state index contributed by atoms with van der Waals surface area (Å²) < 4.78 is 13.5. The first-order chi connectivity index (χ1) is 13.2. The Hall–Kier alpha value is -2.65. The number of hydrogen-bond donors (Lipinski definition) is 0. The summed E-state index contributed by atoms with van der Waals surface area (Å²) in [7, 11) is 1.69. The fraction of sp³-hybridized carbons (Fsp3) is 0.500. The maximum Gasteiger partial charge on any atom is 0.291 e. The van der Waals surface area contributed by atoms with Crippen LogP contribution in [0.25, 0.3) is 16.6 Å². The number of methoxy groups -OCH3 is 1. The molecule has 1 aliphatic rings. The van der Waals surface area contributed by atoms with Crippen molar-refractivity contribution in [2.45, 2.75) is 13.0 Å². The molecule has 1 aliphatic heterocycles. The average Bonchev–Trinajstić information content (AvgIpc) is 3.28. The van der Waals surface area contributed by atoms with Crippen LogP contribution in [0.4, 0.5) is 0 Å². The molecule has 0 bridgehead atoms. The molecule has 4 rings (SSSR count). The van der Waals surface area contributed by atoms with Gasteiger partial charge in [-0.2, -0.15) is 5.10 Å². The first kappa shape index (κ1) is 17.7. The van der Waals surface area contributed by atoms with Crippen LogP contribution in [0.2, 0.25) is 0 Å². The number of aromatic nitrogens is 3. The van der Waals surface area contributed by atoms with Gasteiger partial charge in [-0.1, -0.05) is 0 Å². The lowest BCUT2D eigenvalue weighted by Gasteiger charge is -2.34. The minimum Gasteiger partial charge on any atom is -0.463 e. The number of carbonyl (C=O) groups excluding carboxylic acids is 1. The zero-order valence-corrected chi connectivity index (χ0v) is 15.3. The maximum atomic E-state index is 12.6. The third kappa shape index (κ3) is 3.47. The van der Waals surface area contributed by atoms with Crippen molar-refractivity contribution in [3.63, 3.8) is 0 Å². The highest BCUT2D eigenvalue weighted by molar-refractivity contribution is 5.81. The Morgan fingerprint density at radius 3 is 2.81 bits per heavy atom. The minimum atomic E-state index is -0.221. The second-order valence-corrected chi connectivity index (χ2v) is 6.69. The number of furan rings is 1. The summed E-state index contributed by atoms with van der Waals surface area (Å²) in [4.78, 5) is 29.3. The highest BCUT2D eigenvalue weighted by Gasteiger charge is 2.21. The van der Waals surface area contributed by atoms with Gasteiger partial charge in [-0.3, -0.25) is 18.9 Å². The molecule has 0 radical (unpaired) electrons. The standard InChI is InChI=1S/C18H23N5O4/c1-26-11-9-20-5-7-21(8-6-20)17(24)2-4-23-18(25)15-12-16-14(3-10-27-16)22(15)13-19-23/h3,10,12-13H,2,4-9,11H2,1H3. The third-order valence-electron chi connectivity index (χ3n) is 5.09. The van der Waals surface area contributed by atoms with E-state index in [1.165, 1.54) is 4.68 Å². The van der Waals surface area contributed by atoms with Crippen molar-refractivity contribution in [2.75, 3.05) is 46.4 Å². The molecule has 1 amide bonds. The van der Waals surface area contributed by atoms with E-state index < -0.39 is 0 Å². The number of amides is 1. The van der Waals surface area contributed by atoms with Crippen LogP contribution in [0.5, 0.6) is 0 Å². The van der Waals surface area contributed by atoms with Gasteiger partial charge in [0.1, 0.15) is 11.8 Å². The molecular formula is C18H23N5O4. The summed E-state index contributed by atoms with van der Waals surface area (Å²) in [6.45, 7) is 4.97. The summed E-state index contributed by atoms with van der Waals surface area (Å²) in [5.74, 6) is 0.0547. The van der Waals surface area contributed by atoms with E-state index >= 15 is 0 Å². The topological polar surface area (TPSA) is 85.2 Å². The molecule has 0 spiro atoms. The van der Waals surface area contributed by atoms with Crippen LogP contribution >= 0.6 is 0 Å². The van der Waals surface area contributed by atoms with Gasteiger partial charge in [0, 0.05) is 58.4 Å². The van der Waals surface area contributed by atoms with E-state index in [0.717, 1.165) is 25.2 Å². The van der Waals surface area contributed by atoms with E-state index in [9.17, 15) is 9.59 Å². The smallest absolute Gasteiger partial charge is 0.291 e. The van der Waals surface area contributed by atoms with Crippen LogP contribution < -0.4 is 5.56 Å². The zero-order valence-electron chi connectivity index (χ0n) is 15.3. The Morgan fingerprint density at radius 1 is 1.22 bits per heavy atom. The van der Waals surface area contributed by atoms with Crippen molar-refractivity contribution in [1.82, 2.24) is 24.0 Å². The molecule has 27 heavy (non-hydrogen) atoms. The Labute approximate surface area is 155 Å². The van der Waals surface area contributed by atoms with E-state index in [4.69, 9.17) is 9.15 Å². The highest BCUT2D eigenvalue weighted by atomic mass is 16.5. The van der Waals surface area contributed by atoms with Gasteiger partial charge in [-0.25, -0.2) is 4.68 Å². The number of piperazine rings is 1. The third-order valence-corrected chi connectivity index (χ3v) is 5.09. The lowest BCUT2D eigenvalue weighted by atomic mass is 10.2. The molecule has 0 unspecified atom stereocenters. The molecule has 0 aromatic carbocycles. The zero-order chi connectivity index (χ0) is 18.8. The lowest BCUT2D eigenvalue weighted by molar-refractivity contribution is -0.133. The van der Waals surface area contributed by atoms with Gasteiger partial charge in [0.05, 0.1) is 24.9 Å². The quantitative estimate of drug-likeness (QED) is 0.623. The molecule has 9 nitrogen and oxygen atoms in total. The van der Waals surface area contributed by atoms with Crippen LogP contribution in [0, 0.1) is 0 Å². The summed E-state index contributed by atoms with van der Waals surface area (Å²) in [5.41, 5.74) is 1.73. The number of carbonyl (C=O) groups is 1. The molecule has 0 saturated carbocycles. The average molecular weight is 373 g/mol. The second kappa shape index (κ2) is 7.53. The highest BCUT2D eigenvalue weighted by Crippen LogP contribution is 2.18. The minimum absolute atomic E-state index is 0.0547. The Morgan fingerprint density at radius 2 is 2.04 bits per heavy atom. The number of aryl methyl sites for hydroxylation is 1. The molecule has 4 heterocycles. The molecule has 3 aromatic heterocycles. The molecular weight excluding hydrogens is 350 g/mol. The Kier molecular flexibility index (Phi) is 4.95. The number of nitrogens with zero attached hydrogens (tertiary/aromatic N) is 5. The van der Waals surface area contributed by atoms with Crippen molar-refractivity contribution < 1.29 is 13.9 Å². The van der Waals surface area contributed by atoms with Crippen molar-refractivity contribution in [1.29, 1.82) is 0 Å². The van der Waals surface area contributed by atoms with E-state index in [1.807, 2.05) is 4.90 Å². The van der Waals surface area contributed by atoms with Gasteiger partial charge >= 0.3 is 0 Å². The largest absolute Gasteiger partial charge is 0.463 e. The fourth-order valence-corrected chi connectivity index (χ4v) is 3.49. The van der Waals surface area contributed by atoms with Crippen LogP contribution in [0.1, 0.15) is 6.42 Å². The number of fused-ring (bicyclic) bond motifs is 3. The Bertz CT molecular complexity index is 996. The normalized spacial score (nSPS) is 15.8. The van der Waals surface area contributed by atoms with Crippen molar-refractivity contribution in [3.05, 3.63) is 35.1 Å². The van der Waals surface area contributed by atoms with E-state index in [0.29, 0.717) is 30.8 Å². The van der Waals surface area contributed by atoms with Crippen molar-refractivity contribution in [2.24, 2.45) is 0 Å². The summed E-state index contributed by atoms with van der Waals surface area (Å²) >= 11 is 0.